The van der Waals surface area contributed by atoms with Crippen molar-refractivity contribution in [2.45, 2.75) is 37.0 Å². The lowest BCUT2D eigenvalue weighted by Crippen LogP contribution is -2.38. The van der Waals surface area contributed by atoms with Gasteiger partial charge in [-0.25, -0.2) is 0 Å². The number of anilines is 1. The maximum Gasteiger partial charge on any atom is 0.161 e. The zero-order valence-corrected chi connectivity index (χ0v) is 17.3. The summed E-state index contributed by atoms with van der Waals surface area (Å²) in [5.74, 6) is 1.15. The average Bonchev–Trinajstić information content (AvgIpc) is 3.16. The third-order valence-electron chi connectivity index (χ3n) is 5.15. The Morgan fingerprint density at radius 3 is 2.79 bits per heavy atom. The van der Waals surface area contributed by atoms with Crippen molar-refractivity contribution in [3.63, 3.8) is 0 Å². The van der Waals surface area contributed by atoms with Crippen LogP contribution in [0.1, 0.15) is 37.0 Å². The Morgan fingerprint density at radius 1 is 1.29 bits per heavy atom. The molecular formula is C22H21N3OS2. The molecule has 0 bridgehead atoms. The fourth-order valence-corrected chi connectivity index (χ4v) is 6.06. The summed E-state index contributed by atoms with van der Waals surface area (Å²) < 4.78 is 0. The van der Waals surface area contributed by atoms with Crippen molar-refractivity contribution in [1.29, 1.82) is 5.26 Å². The van der Waals surface area contributed by atoms with Crippen LogP contribution >= 0.6 is 23.1 Å². The lowest BCUT2D eigenvalue weighted by Gasteiger charge is -2.39. The second-order valence-electron chi connectivity index (χ2n) is 6.73. The molecule has 1 atom stereocenters. The maximum atomic E-state index is 13.1. The molecule has 2 aliphatic rings. The Balaban J connectivity index is 1.96. The van der Waals surface area contributed by atoms with Crippen LogP contribution < -0.4 is 10.6 Å². The first-order valence-corrected chi connectivity index (χ1v) is 11.2. The van der Waals surface area contributed by atoms with Crippen molar-refractivity contribution in [2.24, 2.45) is 5.73 Å². The summed E-state index contributed by atoms with van der Waals surface area (Å²) in [5.41, 5.74) is 9.64. The van der Waals surface area contributed by atoms with Crippen LogP contribution in [0.4, 0.5) is 5.69 Å². The van der Waals surface area contributed by atoms with Crippen molar-refractivity contribution < 1.29 is 4.79 Å². The lowest BCUT2D eigenvalue weighted by atomic mass is 9.78. The van der Waals surface area contributed by atoms with E-state index in [-0.39, 0.29) is 11.7 Å². The number of nitriles is 1. The lowest BCUT2D eigenvalue weighted by molar-refractivity contribution is -0.116. The molecule has 6 heteroatoms. The Hall–Kier alpha value is -2.49. The molecule has 1 unspecified atom stereocenters. The molecule has 1 aliphatic heterocycles. The van der Waals surface area contributed by atoms with Crippen LogP contribution in [0.3, 0.4) is 0 Å². The molecule has 4 nitrogen and oxygen atoms in total. The quantitative estimate of drug-likeness (QED) is 0.709. The Morgan fingerprint density at radius 2 is 2.07 bits per heavy atom. The molecule has 2 aromatic rings. The first-order chi connectivity index (χ1) is 13.7. The van der Waals surface area contributed by atoms with Crippen molar-refractivity contribution in [3.05, 3.63) is 69.3 Å². The molecule has 28 heavy (non-hydrogen) atoms. The minimum absolute atomic E-state index is 0.133. The van der Waals surface area contributed by atoms with Gasteiger partial charge >= 0.3 is 0 Å². The van der Waals surface area contributed by atoms with Crippen LogP contribution in [0.2, 0.25) is 0 Å². The van der Waals surface area contributed by atoms with Crippen molar-refractivity contribution >= 4 is 34.6 Å². The van der Waals surface area contributed by atoms with E-state index in [1.54, 1.807) is 23.1 Å². The number of hydrogen-bond donors (Lipinski definition) is 1. The van der Waals surface area contributed by atoms with Crippen LogP contribution in [0.25, 0.3) is 0 Å². The number of carbonyl (C=O) groups excluding carboxylic acids is 1. The molecule has 0 radical (unpaired) electrons. The van der Waals surface area contributed by atoms with Crippen LogP contribution in [0, 0.1) is 11.3 Å². The SMILES string of the molecule is CCSc1ccsc1C1C(C#N)=C(N)N(c2ccccc2)C2=C1C(=O)CCC2. The minimum Gasteiger partial charge on any atom is -0.384 e. The van der Waals surface area contributed by atoms with Gasteiger partial charge in [0.1, 0.15) is 5.82 Å². The van der Waals surface area contributed by atoms with Gasteiger partial charge in [0, 0.05) is 33.2 Å². The number of ketones is 1. The summed E-state index contributed by atoms with van der Waals surface area (Å²) in [7, 11) is 0. The molecule has 0 saturated heterocycles. The third kappa shape index (κ3) is 3.05. The van der Waals surface area contributed by atoms with Crippen molar-refractivity contribution in [3.8, 4) is 6.07 Å². The predicted molar refractivity (Wildman–Crippen MR) is 115 cm³/mol. The monoisotopic (exact) mass is 407 g/mol. The number of thioether (sulfide) groups is 1. The molecule has 0 saturated carbocycles. The van der Waals surface area contributed by atoms with Gasteiger partial charge in [-0.2, -0.15) is 5.26 Å². The molecule has 0 fully saturated rings. The van der Waals surface area contributed by atoms with E-state index in [1.807, 2.05) is 40.6 Å². The van der Waals surface area contributed by atoms with E-state index in [2.05, 4.69) is 19.1 Å². The molecule has 4 rings (SSSR count). The van der Waals surface area contributed by atoms with Crippen LogP contribution in [-0.4, -0.2) is 11.5 Å². The van der Waals surface area contributed by atoms with E-state index in [0.717, 1.165) is 45.3 Å². The number of para-hydroxylation sites is 1. The number of thiophene rings is 1. The zero-order chi connectivity index (χ0) is 19.7. The summed E-state index contributed by atoms with van der Waals surface area (Å²) in [6, 6.07) is 14.2. The Bertz CT molecular complexity index is 1010. The molecule has 2 heterocycles. The molecule has 1 aromatic carbocycles. The van der Waals surface area contributed by atoms with E-state index < -0.39 is 0 Å². The van der Waals surface area contributed by atoms with E-state index in [1.165, 1.54) is 0 Å². The Kier molecular flexibility index (Phi) is 5.29. The summed E-state index contributed by atoms with van der Waals surface area (Å²) in [5, 5.41) is 12.1. The van der Waals surface area contributed by atoms with Crippen LogP contribution in [0.5, 0.6) is 0 Å². The highest BCUT2D eigenvalue weighted by atomic mass is 32.2. The molecule has 1 aliphatic carbocycles. The van der Waals surface area contributed by atoms with E-state index >= 15 is 0 Å². The van der Waals surface area contributed by atoms with Gasteiger partial charge in [-0.1, -0.05) is 25.1 Å². The fourth-order valence-electron chi connectivity index (χ4n) is 4.01. The van der Waals surface area contributed by atoms with E-state index in [0.29, 0.717) is 17.8 Å². The third-order valence-corrected chi connectivity index (χ3v) is 7.21. The second kappa shape index (κ2) is 7.86. The molecule has 1 aromatic heterocycles. The van der Waals surface area contributed by atoms with Gasteiger partial charge in [-0.15, -0.1) is 23.1 Å². The van der Waals surface area contributed by atoms with E-state index in [9.17, 15) is 10.1 Å². The zero-order valence-electron chi connectivity index (χ0n) is 15.6. The number of rotatable bonds is 4. The van der Waals surface area contributed by atoms with Gasteiger partial charge in [-0.05, 0) is 42.2 Å². The van der Waals surface area contributed by atoms with Crippen LogP contribution in [-0.2, 0) is 4.79 Å². The summed E-state index contributed by atoms with van der Waals surface area (Å²) in [6.45, 7) is 2.11. The number of nitrogens with zero attached hydrogens (tertiary/aromatic N) is 2. The number of allylic oxidation sites excluding steroid dienone is 3. The summed E-state index contributed by atoms with van der Waals surface area (Å²) >= 11 is 3.35. The molecule has 0 amide bonds. The van der Waals surface area contributed by atoms with Gasteiger partial charge in [0.2, 0.25) is 0 Å². The largest absolute Gasteiger partial charge is 0.384 e. The predicted octanol–water partition coefficient (Wildman–Crippen LogP) is 5.16. The number of benzene rings is 1. The van der Waals surface area contributed by atoms with Gasteiger partial charge in [-0.3, -0.25) is 9.69 Å². The highest BCUT2D eigenvalue weighted by Gasteiger charge is 2.41. The number of carbonyl (C=O) groups is 1. The normalized spacial score (nSPS) is 19.6. The molecular weight excluding hydrogens is 386 g/mol. The fraction of sp³-hybridized carbons (Fsp3) is 0.273. The molecule has 2 N–H and O–H groups in total. The molecule has 142 valence electrons. The molecule has 0 spiro atoms. The van der Waals surface area contributed by atoms with Gasteiger partial charge < -0.3 is 5.73 Å². The van der Waals surface area contributed by atoms with Gasteiger partial charge in [0.15, 0.2) is 5.78 Å². The van der Waals surface area contributed by atoms with Gasteiger partial charge in [0.25, 0.3) is 0 Å². The van der Waals surface area contributed by atoms with Gasteiger partial charge in [0.05, 0.1) is 17.6 Å². The van der Waals surface area contributed by atoms with Crippen LogP contribution in [0.15, 0.2) is 69.3 Å². The summed E-state index contributed by atoms with van der Waals surface area (Å²) in [4.78, 5) is 17.2. The van der Waals surface area contributed by atoms with E-state index in [4.69, 9.17) is 5.73 Å². The first kappa shape index (κ1) is 18.9. The van der Waals surface area contributed by atoms with Crippen molar-refractivity contribution in [1.82, 2.24) is 0 Å². The number of Topliss-reactive ketones (excluding diaryl/α,β-unsaturated/α-hetero) is 1. The Labute approximate surface area is 173 Å². The highest BCUT2D eigenvalue weighted by molar-refractivity contribution is 7.99. The number of nitrogens with two attached hydrogens (primary N) is 1. The maximum absolute atomic E-state index is 13.1. The topological polar surface area (TPSA) is 70.1 Å². The number of hydrogen-bond acceptors (Lipinski definition) is 6. The standard InChI is InChI=1S/C22H21N3OS2/c1-2-27-18-11-12-28-21(18)19-15(13-23)22(24)25(14-7-4-3-5-8-14)16-9-6-10-17(26)20(16)19/h3-5,7-8,11-12,19H,2,6,9-10,24H2,1H3. The summed E-state index contributed by atoms with van der Waals surface area (Å²) in [6.07, 6.45) is 2.12. The second-order valence-corrected chi connectivity index (χ2v) is 8.99. The first-order valence-electron chi connectivity index (χ1n) is 9.38. The minimum atomic E-state index is -0.359. The smallest absolute Gasteiger partial charge is 0.161 e. The average molecular weight is 408 g/mol. The highest BCUT2D eigenvalue weighted by Crippen LogP contribution is 2.49. The van der Waals surface area contributed by atoms with Crippen molar-refractivity contribution in [2.75, 3.05) is 10.7 Å².